The maximum Gasteiger partial charge on any atom is 0.260 e. The van der Waals surface area contributed by atoms with E-state index in [0.29, 0.717) is 16.6 Å². The van der Waals surface area contributed by atoms with E-state index in [1.807, 2.05) is 44.2 Å². The van der Waals surface area contributed by atoms with Gasteiger partial charge >= 0.3 is 0 Å². The number of nitrogens with one attached hydrogen (secondary N) is 1. The van der Waals surface area contributed by atoms with Gasteiger partial charge in [-0.15, -0.1) is 0 Å². The molecule has 3 nitrogen and oxygen atoms in total. The maximum absolute atomic E-state index is 12.2. The van der Waals surface area contributed by atoms with Crippen molar-refractivity contribution < 1.29 is 9.53 Å². The van der Waals surface area contributed by atoms with Gasteiger partial charge in [-0.1, -0.05) is 47.0 Å². The molecule has 0 aliphatic rings. The summed E-state index contributed by atoms with van der Waals surface area (Å²) in [6.45, 7) is 6.35. The number of hydrogen-bond acceptors (Lipinski definition) is 3. The quantitative estimate of drug-likeness (QED) is 0.588. The van der Waals surface area contributed by atoms with Crippen LogP contribution >= 0.6 is 35.0 Å². The second-order valence-electron chi connectivity index (χ2n) is 6.11. The SMILES string of the molecule is Cc1ccc(O[C@H](C)C(=O)NCCSCc2ccc(Cl)cc2Cl)c(C)c1. The lowest BCUT2D eigenvalue weighted by Crippen LogP contribution is -2.37. The number of benzene rings is 2. The van der Waals surface area contributed by atoms with Crippen LogP contribution in [0.5, 0.6) is 5.75 Å². The molecule has 2 aromatic rings. The van der Waals surface area contributed by atoms with E-state index >= 15 is 0 Å². The Morgan fingerprint density at radius 2 is 1.96 bits per heavy atom. The number of amides is 1. The molecule has 0 bridgehead atoms. The largest absolute Gasteiger partial charge is 0.481 e. The van der Waals surface area contributed by atoms with E-state index in [4.69, 9.17) is 27.9 Å². The third-order valence-corrected chi connectivity index (χ3v) is 5.42. The summed E-state index contributed by atoms with van der Waals surface area (Å²) in [5.74, 6) is 2.20. The van der Waals surface area contributed by atoms with Crippen molar-refractivity contribution in [2.45, 2.75) is 32.6 Å². The first kappa shape index (κ1) is 20.9. The topological polar surface area (TPSA) is 38.3 Å². The van der Waals surface area contributed by atoms with Crippen LogP contribution < -0.4 is 10.1 Å². The third-order valence-electron chi connectivity index (χ3n) is 3.82. The number of rotatable bonds is 8. The average Bonchev–Trinajstić information content (AvgIpc) is 2.58. The Morgan fingerprint density at radius 1 is 1.19 bits per heavy atom. The highest BCUT2D eigenvalue weighted by atomic mass is 35.5. The third kappa shape index (κ3) is 6.42. The molecule has 0 unspecified atom stereocenters. The van der Waals surface area contributed by atoms with Gasteiger partial charge < -0.3 is 10.1 Å². The van der Waals surface area contributed by atoms with Gasteiger partial charge in [0.15, 0.2) is 6.10 Å². The Labute approximate surface area is 169 Å². The molecule has 2 rings (SSSR count). The van der Waals surface area contributed by atoms with Crippen molar-refractivity contribution in [1.82, 2.24) is 5.32 Å². The molecular weight excluding hydrogens is 389 g/mol. The first-order chi connectivity index (χ1) is 12.4. The molecule has 1 N–H and O–H groups in total. The molecule has 0 saturated carbocycles. The van der Waals surface area contributed by atoms with Crippen LogP contribution in [-0.4, -0.2) is 24.3 Å². The minimum atomic E-state index is -0.535. The summed E-state index contributed by atoms with van der Waals surface area (Å²) in [6, 6.07) is 11.4. The van der Waals surface area contributed by atoms with Crippen molar-refractivity contribution in [3.05, 3.63) is 63.1 Å². The molecule has 0 aliphatic carbocycles. The summed E-state index contributed by atoms with van der Waals surface area (Å²) in [6.07, 6.45) is -0.535. The van der Waals surface area contributed by atoms with Crippen LogP contribution in [0.4, 0.5) is 0 Å². The van der Waals surface area contributed by atoms with Crippen molar-refractivity contribution in [2.75, 3.05) is 12.3 Å². The monoisotopic (exact) mass is 411 g/mol. The maximum atomic E-state index is 12.2. The van der Waals surface area contributed by atoms with Gasteiger partial charge in [0.05, 0.1) is 0 Å². The van der Waals surface area contributed by atoms with Crippen LogP contribution in [0.25, 0.3) is 0 Å². The van der Waals surface area contributed by atoms with Crippen molar-refractivity contribution in [1.29, 1.82) is 0 Å². The van der Waals surface area contributed by atoms with E-state index in [-0.39, 0.29) is 5.91 Å². The van der Waals surface area contributed by atoms with Gasteiger partial charge in [0.2, 0.25) is 0 Å². The van der Waals surface area contributed by atoms with E-state index in [0.717, 1.165) is 28.4 Å². The first-order valence-corrected chi connectivity index (χ1v) is 10.3. The number of hydrogen-bond donors (Lipinski definition) is 1. The van der Waals surface area contributed by atoms with Crippen molar-refractivity contribution in [3.63, 3.8) is 0 Å². The van der Waals surface area contributed by atoms with Crippen LogP contribution in [0.1, 0.15) is 23.6 Å². The molecule has 140 valence electrons. The van der Waals surface area contributed by atoms with Crippen molar-refractivity contribution in [3.8, 4) is 5.75 Å². The number of aryl methyl sites for hydroxylation is 2. The minimum absolute atomic E-state index is 0.116. The predicted octanol–water partition coefficient (Wildman–Crippen LogP) is 5.43. The molecule has 0 heterocycles. The molecule has 2 aromatic carbocycles. The summed E-state index contributed by atoms with van der Waals surface area (Å²) >= 11 is 13.7. The fourth-order valence-electron chi connectivity index (χ4n) is 2.39. The second kappa shape index (κ2) is 10.1. The highest BCUT2D eigenvalue weighted by molar-refractivity contribution is 7.98. The zero-order valence-electron chi connectivity index (χ0n) is 15.1. The lowest BCUT2D eigenvalue weighted by molar-refractivity contribution is -0.127. The van der Waals surface area contributed by atoms with Gasteiger partial charge in [-0.2, -0.15) is 11.8 Å². The minimum Gasteiger partial charge on any atom is -0.481 e. The molecule has 0 aromatic heterocycles. The number of halogens is 2. The molecule has 6 heteroatoms. The number of thioether (sulfide) groups is 1. The molecule has 1 atom stereocenters. The molecule has 0 aliphatic heterocycles. The zero-order valence-corrected chi connectivity index (χ0v) is 17.5. The fraction of sp³-hybridized carbons (Fsp3) is 0.350. The van der Waals surface area contributed by atoms with E-state index in [1.165, 1.54) is 5.56 Å². The molecule has 0 radical (unpaired) electrons. The van der Waals surface area contributed by atoms with E-state index in [9.17, 15) is 4.79 Å². The molecule has 0 fully saturated rings. The van der Waals surface area contributed by atoms with Gasteiger partial charge in [0, 0.05) is 28.1 Å². The van der Waals surface area contributed by atoms with Crippen molar-refractivity contribution in [2.24, 2.45) is 0 Å². The number of carbonyl (C=O) groups is 1. The van der Waals surface area contributed by atoms with Crippen molar-refractivity contribution >= 4 is 40.9 Å². The van der Waals surface area contributed by atoms with Gasteiger partial charge in [0.25, 0.3) is 5.91 Å². The Hall–Kier alpha value is -1.36. The standard InChI is InChI=1S/C20H23Cl2NO2S/c1-13-4-7-19(14(2)10-13)25-15(3)20(24)23-8-9-26-12-16-5-6-17(21)11-18(16)22/h4-7,10-11,15H,8-9,12H2,1-3H3,(H,23,24)/t15-/m1/s1. The Morgan fingerprint density at radius 3 is 2.65 bits per heavy atom. The predicted molar refractivity (Wildman–Crippen MR) is 112 cm³/mol. The van der Waals surface area contributed by atoms with Gasteiger partial charge in [-0.25, -0.2) is 0 Å². The summed E-state index contributed by atoms with van der Waals surface area (Å²) in [7, 11) is 0. The molecule has 0 spiro atoms. The Bertz CT molecular complexity index is 767. The summed E-state index contributed by atoms with van der Waals surface area (Å²) in [5, 5.41) is 4.21. The highest BCUT2D eigenvalue weighted by Gasteiger charge is 2.15. The Balaban J connectivity index is 1.71. The van der Waals surface area contributed by atoms with Gasteiger partial charge in [-0.3, -0.25) is 4.79 Å². The van der Waals surface area contributed by atoms with Gasteiger partial charge in [-0.05, 0) is 50.1 Å². The first-order valence-electron chi connectivity index (χ1n) is 8.40. The fourth-order valence-corrected chi connectivity index (χ4v) is 3.80. The lowest BCUT2D eigenvalue weighted by atomic mass is 10.1. The van der Waals surface area contributed by atoms with E-state index in [1.54, 1.807) is 24.8 Å². The van der Waals surface area contributed by atoms with Crippen LogP contribution in [0.3, 0.4) is 0 Å². The summed E-state index contributed by atoms with van der Waals surface area (Å²) in [5.41, 5.74) is 3.24. The molecule has 26 heavy (non-hydrogen) atoms. The molecule has 1 amide bonds. The lowest BCUT2D eigenvalue weighted by Gasteiger charge is -2.16. The highest BCUT2D eigenvalue weighted by Crippen LogP contribution is 2.24. The van der Waals surface area contributed by atoms with Crippen LogP contribution in [0, 0.1) is 13.8 Å². The average molecular weight is 412 g/mol. The van der Waals surface area contributed by atoms with Crippen LogP contribution in [0.2, 0.25) is 10.0 Å². The number of ether oxygens (including phenoxy) is 1. The van der Waals surface area contributed by atoms with Gasteiger partial charge in [0.1, 0.15) is 5.75 Å². The molecule has 0 saturated heterocycles. The molecular formula is C20H23Cl2NO2S. The van der Waals surface area contributed by atoms with Crippen LogP contribution in [0.15, 0.2) is 36.4 Å². The zero-order chi connectivity index (χ0) is 19.1. The second-order valence-corrected chi connectivity index (χ2v) is 8.06. The normalized spacial score (nSPS) is 11.9. The number of carbonyl (C=O) groups excluding carboxylic acids is 1. The van der Waals surface area contributed by atoms with E-state index in [2.05, 4.69) is 5.32 Å². The smallest absolute Gasteiger partial charge is 0.260 e. The van der Waals surface area contributed by atoms with Crippen LogP contribution in [-0.2, 0) is 10.5 Å². The summed E-state index contributed by atoms with van der Waals surface area (Å²) in [4.78, 5) is 12.2. The summed E-state index contributed by atoms with van der Waals surface area (Å²) < 4.78 is 5.77. The Kier molecular flexibility index (Phi) is 8.14. The van der Waals surface area contributed by atoms with E-state index < -0.39 is 6.10 Å².